The van der Waals surface area contributed by atoms with E-state index in [1.165, 1.54) is 0 Å². The van der Waals surface area contributed by atoms with Crippen molar-refractivity contribution in [2.24, 2.45) is 5.84 Å². The van der Waals surface area contributed by atoms with Gasteiger partial charge in [0.2, 0.25) is 0 Å². The van der Waals surface area contributed by atoms with Gasteiger partial charge in [-0.15, -0.1) is 0 Å². The molecule has 4 heteroatoms. The normalized spacial score (nSPS) is 10.3. The Morgan fingerprint density at radius 3 is 2.38 bits per heavy atom. The van der Waals surface area contributed by atoms with Crippen LogP contribution in [0, 0.1) is 6.92 Å². The summed E-state index contributed by atoms with van der Waals surface area (Å²) in [5.74, 6) is 5.91. The molecule has 0 aliphatic rings. The monoisotopic (exact) mass is 174 g/mol. The number of hydrogen-bond acceptors (Lipinski definition) is 4. The van der Waals surface area contributed by atoms with E-state index in [0.717, 1.165) is 16.7 Å². The molecule has 0 bridgehead atoms. The zero-order chi connectivity index (χ0) is 9.26. The third-order valence-corrected chi connectivity index (χ3v) is 1.88. The number of aromatic nitrogens is 2. The molecule has 0 atom stereocenters. The van der Waals surface area contributed by atoms with E-state index in [4.69, 9.17) is 5.84 Å². The van der Waals surface area contributed by atoms with Gasteiger partial charge in [0.05, 0.1) is 16.7 Å². The van der Waals surface area contributed by atoms with Gasteiger partial charge in [-0.1, -0.05) is 12.1 Å². The maximum atomic E-state index is 5.29. The van der Waals surface area contributed by atoms with Crippen molar-refractivity contribution in [3.05, 3.63) is 30.0 Å². The maximum Gasteiger partial charge on any atom is 0.162 e. The molecule has 1 aromatic carbocycles. The number of fused-ring (bicyclic) bond motifs is 1. The van der Waals surface area contributed by atoms with E-state index in [1.54, 1.807) is 0 Å². The quantitative estimate of drug-likeness (QED) is 0.504. The Kier molecular flexibility index (Phi) is 1.83. The molecule has 66 valence electrons. The van der Waals surface area contributed by atoms with Crippen molar-refractivity contribution in [1.29, 1.82) is 0 Å². The molecule has 0 saturated heterocycles. The first-order valence-corrected chi connectivity index (χ1v) is 4.01. The van der Waals surface area contributed by atoms with E-state index in [-0.39, 0.29) is 0 Å². The molecule has 0 fully saturated rings. The lowest BCUT2D eigenvalue weighted by Gasteiger charge is -2.04. The Hall–Kier alpha value is -1.68. The molecule has 0 spiro atoms. The minimum Gasteiger partial charge on any atom is -0.307 e. The number of rotatable bonds is 1. The minimum absolute atomic E-state index is 0.624. The second-order valence-electron chi connectivity index (χ2n) is 2.79. The Bertz CT molecular complexity index is 439. The van der Waals surface area contributed by atoms with Crippen LogP contribution in [0.3, 0.4) is 0 Å². The van der Waals surface area contributed by atoms with Crippen LogP contribution in [0.4, 0.5) is 5.82 Å². The Morgan fingerprint density at radius 2 is 1.77 bits per heavy atom. The van der Waals surface area contributed by atoms with Crippen molar-refractivity contribution in [2.75, 3.05) is 5.43 Å². The van der Waals surface area contributed by atoms with Crippen LogP contribution in [0.5, 0.6) is 0 Å². The topological polar surface area (TPSA) is 63.8 Å². The molecule has 0 saturated carbocycles. The first kappa shape index (κ1) is 7.94. The van der Waals surface area contributed by atoms with E-state index in [1.807, 2.05) is 31.2 Å². The molecule has 0 unspecified atom stereocenters. The van der Waals surface area contributed by atoms with E-state index < -0.39 is 0 Å². The minimum atomic E-state index is 0.624. The molecule has 0 radical (unpaired) electrons. The van der Waals surface area contributed by atoms with Crippen LogP contribution >= 0.6 is 0 Å². The first-order valence-electron chi connectivity index (χ1n) is 4.01. The average molecular weight is 174 g/mol. The van der Waals surface area contributed by atoms with Gasteiger partial charge in [0.1, 0.15) is 0 Å². The van der Waals surface area contributed by atoms with Crippen molar-refractivity contribution in [3.63, 3.8) is 0 Å². The summed E-state index contributed by atoms with van der Waals surface area (Å²) in [4.78, 5) is 8.64. The number of nitrogens with one attached hydrogen (secondary N) is 1. The van der Waals surface area contributed by atoms with Crippen LogP contribution in [0.2, 0.25) is 0 Å². The van der Waals surface area contributed by atoms with Crippen LogP contribution in [0.25, 0.3) is 11.0 Å². The summed E-state index contributed by atoms with van der Waals surface area (Å²) in [5, 5.41) is 0. The van der Waals surface area contributed by atoms with E-state index in [2.05, 4.69) is 15.4 Å². The summed E-state index contributed by atoms with van der Waals surface area (Å²) in [6.07, 6.45) is 0. The number of para-hydroxylation sites is 2. The van der Waals surface area contributed by atoms with E-state index in [0.29, 0.717) is 5.82 Å². The number of anilines is 1. The lowest BCUT2D eigenvalue weighted by atomic mass is 10.3. The van der Waals surface area contributed by atoms with Crippen molar-refractivity contribution in [1.82, 2.24) is 9.97 Å². The molecule has 0 aliphatic heterocycles. The Morgan fingerprint density at radius 1 is 1.15 bits per heavy atom. The summed E-state index contributed by atoms with van der Waals surface area (Å²) in [7, 11) is 0. The number of aryl methyl sites for hydroxylation is 1. The van der Waals surface area contributed by atoms with Crippen molar-refractivity contribution >= 4 is 16.9 Å². The van der Waals surface area contributed by atoms with Gasteiger partial charge in [-0.05, 0) is 19.1 Å². The SMILES string of the molecule is Cc1nc2ccccc2nc1NN. The molecular formula is C9H10N4. The molecule has 0 amide bonds. The zero-order valence-corrected chi connectivity index (χ0v) is 7.28. The number of hydrazine groups is 1. The Labute approximate surface area is 75.8 Å². The van der Waals surface area contributed by atoms with Crippen molar-refractivity contribution < 1.29 is 0 Å². The van der Waals surface area contributed by atoms with Crippen molar-refractivity contribution in [3.8, 4) is 0 Å². The van der Waals surface area contributed by atoms with Crippen LogP contribution in [-0.4, -0.2) is 9.97 Å². The molecule has 0 aliphatic carbocycles. The number of nitrogen functional groups attached to an aromatic ring is 1. The third-order valence-electron chi connectivity index (χ3n) is 1.88. The molecule has 1 aromatic heterocycles. The van der Waals surface area contributed by atoms with Gasteiger partial charge in [0.15, 0.2) is 5.82 Å². The number of nitrogens with two attached hydrogens (primary N) is 1. The van der Waals surface area contributed by atoms with Gasteiger partial charge in [-0.2, -0.15) is 0 Å². The first-order chi connectivity index (χ1) is 6.31. The number of hydrogen-bond donors (Lipinski definition) is 2. The fraction of sp³-hybridized carbons (Fsp3) is 0.111. The summed E-state index contributed by atoms with van der Waals surface area (Å²) < 4.78 is 0. The highest BCUT2D eigenvalue weighted by Gasteiger charge is 2.01. The second-order valence-corrected chi connectivity index (χ2v) is 2.79. The highest BCUT2D eigenvalue weighted by atomic mass is 15.3. The molecular weight excluding hydrogens is 164 g/mol. The van der Waals surface area contributed by atoms with Crippen molar-refractivity contribution in [2.45, 2.75) is 6.92 Å². The average Bonchev–Trinajstić information content (AvgIpc) is 2.17. The van der Waals surface area contributed by atoms with E-state index in [9.17, 15) is 0 Å². The summed E-state index contributed by atoms with van der Waals surface area (Å²) >= 11 is 0. The summed E-state index contributed by atoms with van der Waals surface area (Å²) in [6.45, 7) is 1.87. The smallest absolute Gasteiger partial charge is 0.162 e. The van der Waals surface area contributed by atoms with Gasteiger partial charge in [-0.25, -0.2) is 15.8 Å². The highest BCUT2D eigenvalue weighted by molar-refractivity contribution is 5.76. The highest BCUT2D eigenvalue weighted by Crippen LogP contribution is 2.14. The third kappa shape index (κ3) is 1.31. The Balaban J connectivity index is 2.74. The van der Waals surface area contributed by atoms with Crippen LogP contribution in [0.1, 0.15) is 5.69 Å². The molecule has 1 heterocycles. The lowest BCUT2D eigenvalue weighted by Crippen LogP contribution is -2.11. The maximum absolute atomic E-state index is 5.29. The number of benzene rings is 1. The molecule has 4 nitrogen and oxygen atoms in total. The molecule has 13 heavy (non-hydrogen) atoms. The molecule has 2 rings (SSSR count). The van der Waals surface area contributed by atoms with Gasteiger partial charge < -0.3 is 5.43 Å². The fourth-order valence-corrected chi connectivity index (χ4v) is 1.22. The predicted molar refractivity (Wildman–Crippen MR) is 52.1 cm³/mol. The van der Waals surface area contributed by atoms with E-state index >= 15 is 0 Å². The standard InChI is InChI=1S/C9H10N4/c1-6-9(13-10)12-8-5-3-2-4-7(8)11-6/h2-5H,10H2,1H3,(H,12,13). The van der Waals surface area contributed by atoms with Crippen LogP contribution in [-0.2, 0) is 0 Å². The predicted octanol–water partition coefficient (Wildman–Crippen LogP) is 1.22. The number of nitrogens with zero attached hydrogens (tertiary/aromatic N) is 2. The molecule has 2 aromatic rings. The van der Waals surface area contributed by atoms with Crippen LogP contribution in [0.15, 0.2) is 24.3 Å². The van der Waals surface area contributed by atoms with Gasteiger partial charge >= 0.3 is 0 Å². The lowest BCUT2D eigenvalue weighted by molar-refractivity contribution is 1.14. The van der Waals surface area contributed by atoms with Gasteiger partial charge in [0, 0.05) is 0 Å². The van der Waals surface area contributed by atoms with Gasteiger partial charge in [-0.3, -0.25) is 0 Å². The molecule has 3 N–H and O–H groups in total. The zero-order valence-electron chi connectivity index (χ0n) is 7.28. The fourth-order valence-electron chi connectivity index (χ4n) is 1.22. The van der Waals surface area contributed by atoms with Gasteiger partial charge in [0.25, 0.3) is 0 Å². The largest absolute Gasteiger partial charge is 0.307 e. The van der Waals surface area contributed by atoms with Crippen LogP contribution < -0.4 is 11.3 Å². The summed E-state index contributed by atoms with van der Waals surface area (Å²) in [5.41, 5.74) is 5.06. The summed E-state index contributed by atoms with van der Waals surface area (Å²) in [6, 6.07) is 7.69. The second kappa shape index (κ2) is 2.99.